The summed E-state index contributed by atoms with van der Waals surface area (Å²) < 4.78 is 30.4. The number of ether oxygens (including phenoxy) is 1. The van der Waals surface area contributed by atoms with Crippen molar-refractivity contribution in [3.8, 4) is 5.88 Å². The van der Waals surface area contributed by atoms with Crippen LogP contribution in [-0.4, -0.2) is 12.1 Å². The summed E-state index contributed by atoms with van der Waals surface area (Å²) in [5, 5.41) is 0. The number of methoxy groups -OCH3 is 1. The normalized spacial score (nSPS) is 10.7. The Labute approximate surface area is 93.8 Å². The number of halogens is 3. The Hall–Kier alpha value is -0.500. The van der Waals surface area contributed by atoms with Crippen molar-refractivity contribution in [3.05, 3.63) is 20.9 Å². The highest BCUT2D eigenvalue weighted by atomic mass is 127. The van der Waals surface area contributed by atoms with E-state index < -0.39 is 6.43 Å². The quantitative estimate of drug-likeness (QED) is 0.686. The maximum absolute atomic E-state index is 12.6. The van der Waals surface area contributed by atoms with E-state index >= 15 is 0 Å². The molecule has 3 nitrogen and oxygen atoms in total. The highest BCUT2D eigenvalue weighted by Crippen LogP contribution is 2.28. The molecule has 0 aliphatic carbocycles. The lowest BCUT2D eigenvalue weighted by atomic mass is 10.1. The molecule has 0 aliphatic rings. The standard InChI is InChI=1S/C8H9F2IN2O/c1-14-6-2-4(7(9)10)5(3-12)8(11)13-6/h2,7H,3,12H2,1H3. The van der Waals surface area contributed by atoms with Crippen LogP contribution in [0.5, 0.6) is 5.88 Å². The van der Waals surface area contributed by atoms with E-state index in [1.807, 2.05) is 22.6 Å². The van der Waals surface area contributed by atoms with Crippen LogP contribution in [0, 0.1) is 3.70 Å². The summed E-state index contributed by atoms with van der Waals surface area (Å²) in [6.07, 6.45) is -2.56. The van der Waals surface area contributed by atoms with Gasteiger partial charge in [0.25, 0.3) is 6.43 Å². The Balaban J connectivity index is 3.28. The SMILES string of the molecule is COc1cc(C(F)F)c(CN)c(I)n1. The van der Waals surface area contributed by atoms with Crippen LogP contribution in [0.1, 0.15) is 17.6 Å². The van der Waals surface area contributed by atoms with Gasteiger partial charge < -0.3 is 10.5 Å². The van der Waals surface area contributed by atoms with E-state index in [2.05, 4.69) is 4.98 Å². The smallest absolute Gasteiger partial charge is 0.264 e. The lowest BCUT2D eigenvalue weighted by molar-refractivity contribution is 0.149. The van der Waals surface area contributed by atoms with E-state index in [-0.39, 0.29) is 18.0 Å². The van der Waals surface area contributed by atoms with E-state index in [1.165, 1.54) is 13.2 Å². The summed E-state index contributed by atoms with van der Waals surface area (Å²) >= 11 is 1.86. The zero-order valence-corrected chi connectivity index (χ0v) is 9.59. The lowest BCUT2D eigenvalue weighted by Crippen LogP contribution is -2.07. The molecule has 0 radical (unpaired) electrons. The van der Waals surface area contributed by atoms with Gasteiger partial charge in [-0.05, 0) is 22.6 Å². The van der Waals surface area contributed by atoms with Crippen molar-refractivity contribution in [3.63, 3.8) is 0 Å². The topological polar surface area (TPSA) is 48.1 Å². The molecule has 0 bridgehead atoms. The van der Waals surface area contributed by atoms with Crippen LogP contribution in [0.4, 0.5) is 8.78 Å². The summed E-state index contributed by atoms with van der Waals surface area (Å²) in [4.78, 5) is 3.96. The zero-order valence-electron chi connectivity index (χ0n) is 7.43. The lowest BCUT2D eigenvalue weighted by Gasteiger charge is -2.10. The molecule has 1 aromatic heterocycles. The molecule has 0 spiro atoms. The van der Waals surface area contributed by atoms with Gasteiger partial charge in [0, 0.05) is 23.7 Å². The second-order valence-electron chi connectivity index (χ2n) is 2.53. The molecule has 0 aliphatic heterocycles. The predicted octanol–water partition coefficient (Wildman–Crippen LogP) is 2.09. The first kappa shape index (κ1) is 11.6. The molecule has 0 saturated carbocycles. The van der Waals surface area contributed by atoms with E-state index in [0.717, 1.165) is 0 Å². The fraction of sp³-hybridized carbons (Fsp3) is 0.375. The van der Waals surface area contributed by atoms with Crippen LogP contribution in [0.3, 0.4) is 0 Å². The second kappa shape index (κ2) is 4.83. The molecule has 1 aromatic rings. The average Bonchev–Trinajstić information content (AvgIpc) is 2.16. The van der Waals surface area contributed by atoms with Gasteiger partial charge in [-0.15, -0.1) is 0 Å². The maximum Gasteiger partial charge on any atom is 0.264 e. The minimum absolute atomic E-state index is 0.0505. The van der Waals surface area contributed by atoms with Crippen LogP contribution in [-0.2, 0) is 6.54 Å². The Morgan fingerprint density at radius 2 is 2.29 bits per heavy atom. The largest absolute Gasteiger partial charge is 0.481 e. The van der Waals surface area contributed by atoms with Crippen LogP contribution in [0.15, 0.2) is 6.07 Å². The summed E-state index contributed by atoms with van der Waals surface area (Å²) in [5.74, 6) is 0.182. The first-order valence-corrected chi connectivity index (χ1v) is 4.89. The minimum atomic E-state index is -2.56. The van der Waals surface area contributed by atoms with Gasteiger partial charge in [0.1, 0.15) is 3.70 Å². The third-order valence-electron chi connectivity index (χ3n) is 1.73. The van der Waals surface area contributed by atoms with E-state index in [1.54, 1.807) is 0 Å². The molecule has 0 aromatic carbocycles. The van der Waals surface area contributed by atoms with Crippen LogP contribution >= 0.6 is 22.6 Å². The van der Waals surface area contributed by atoms with E-state index in [0.29, 0.717) is 9.26 Å². The van der Waals surface area contributed by atoms with Gasteiger partial charge in [-0.2, -0.15) is 0 Å². The molecule has 6 heteroatoms. The number of pyridine rings is 1. The fourth-order valence-electron chi connectivity index (χ4n) is 1.04. The van der Waals surface area contributed by atoms with E-state index in [4.69, 9.17) is 10.5 Å². The van der Waals surface area contributed by atoms with Crippen molar-refractivity contribution in [2.24, 2.45) is 5.73 Å². The van der Waals surface area contributed by atoms with E-state index in [9.17, 15) is 8.78 Å². The monoisotopic (exact) mass is 314 g/mol. The van der Waals surface area contributed by atoms with Gasteiger partial charge in [-0.3, -0.25) is 0 Å². The van der Waals surface area contributed by atoms with Gasteiger partial charge in [0.15, 0.2) is 0 Å². The zero-order chi connectivity index (χ0) is 10.7. The van der Waals surface area contributed by atoms with Gasteiger partial charge in [-0.1, -0.05) is 0 Å². The molecule has 2 N–H and O–H groups in total. The molecule has 0 unspecified atom stereocenters. The maximum atomic E-state index is 12.6. The number of hydrogen-bond donors (Lipinski definition) is 1. The van der Waals surface area contributed by atoms with Gasteiger partial charge in [0.2, 0.25) is 5.88 Å². The number of aromatic nitrogens is 1. The number of alkyl halides is 2. The summed E-state index contributed by atoms with van der Waals surface area (Å²) in [7, 11) is 1.38. The summed E-state index contributed by atoms with van der Waals surface area (Å²) in [6.45, 7) is 0.0505. The van der Waals surface area contributed by atoms with Crippen molar-refractivity contribution >= 4 is 22.6 Å². The Bertz CT molecular complexity index is 333. The molecule has 0 amide bonds. The Morgan fingerprint density at radius 3 is 2.71 bits per heavy atom. The summed E-state index contributed by atoms with van der Waals surface area (Å²) in [6, 6.07) is 1.22. The molecule has 1 rings (SSSR count). The van der Waals surface area contributed by atoms with Crippen LogP contribution in [0.25, 0.3) is 0 Å². The average molecular weight is 314 g/mol. The predicted molar refractivity (Wildman–Crippen MR) is 56.4 cm³/mol. The molecule has 0 saturated heterocycles. The van der Waals surface area contributed by atoms with Gasteiger partial charge >= 0.3 is 0 Å². The van der Waals surface area contributed by atoms with Crippen molar-refractivity contribution in [1.29, 1.82) is 0 Å². The number of hydrogen-bond acceptors (Lipinski definition) is 3. The Morgan fingerprint density at radius 1 is 1.64 bits per heavy atom. The highest BCUT2D eigenvalue weighted by molar-refractivity contribution is 14.1. The third kappa shape index (κ3) is 2.30. The molecular weight excluding hydrogens is 305 g/mol. The van der Waals surface area contributed by atoms with Gasteiger partial charge in [0.05, 0.1) is 7.11 Å². The number of rotatable bonds is 3. The second-order valence-corrected chi connectivity index (χ2v) is 3.55. The van der Waals surface area contributed by atoms with Crippen molar-refractivity contribution < 1.29 is 13.5 Å². The fourth-order valence-corrected chi connectivity index (χ4v) is 1.81. The van der Waals surface area contributed by atoms with Gasteiger partial charge in [-0.25, -0.2) is 13.8 Å². The van der Waals surface area contributed by atoms with Crippen LogP contribution in [0.2, 0.25) is 0 Å². The van der Waals surface area contributed by atoms with Crippen molar-refractivity contribution in [1.82, 2.24) is 4.98 Å². The molecule has 14 heavy (non-hydrogen) atoms. The molecule has 78 valence electrons. The molecule has 0 fully saturated rings. The molecular formula is C8H9F2IN2O. The molecule has 0 atom stereocenters. The highest BCUT2D eigenvalue weighted by Gasteiger charge is 2.17. The van der Waals surface area contributed by atoms with Crippen LogP contribution < -0.4 is 10.5 Å². The first-order valence-electron chi connectivity index (χ1n) is 3.81. The van der Waals surface area contributed by atoms with Crippen molar-refractivity contribution in [2.45, 2.75) is 13.0 Å². The molecule has 1 heterocycles. The summed E-state index contributed by atoms with van der Waals surface area (Å²) in [5.41, 5.74) is 5.63. The first-order chi connectivity index (χ1) is 6.60. The Kier molecular flexibility index (Phi) is 3.99. The number of nitrogens with two attached hydrogens (primary N) is 1. The number of nitrogens with zero attached hydrogens (tertiary/aromatic N) is 1. The third-order valence-corrected chi connectivity index (χ3v) is 2.63. The van der Waals surface area contributed by atoms with Crippen molar-refractivity contribution in [2.75, 3.05) is 7.11 Å². The minimum Gasteiger partial charge on any atom is -0.481 e.